The SMILES string of the molecule is CC(=O)Nc1ccc(NC(=O)c2cnc(NC3CC3)nc2)cc1. The average molecular weight is 311 g/mol. The first-order valence-corrected chi connectivity index (χ1v) is 7.38. The molecule has 0 atom stereocenters. The molecule has 1 heterocycles. The monoisotopic (exact) mass is 311 g/mol. The molecule has 3 rings (SSSR count). The van der Waals surface area contributed by atoms with E-state index < -0.39 is 0 Å². The van der Waals surface area contributed by atoms with Crippen LogP contribution < -0.4 is 16.0 Å². The van der Waals surface area contributed by atoms with E-state index in [-0.39, 0.29) is 11.8 Å². The molecule has 1 aromatic heterocycles. The van der Waals surface area contributed by atoms with Crippen LogP contribution in [0.4, 0.5) is 17.3 Å². The quantitative estimate of drug-likeness (QED) is 0.787. The average Bonchev–Trinajstić information content (AvgIpc) is 3.33. The van der Waals surface area contributed by atoms with E-state index in [4.69, 9.17) is 0 Å². The summed E-state index contributed by atoms with van der Waals surface area (Å²) in [6, 6.07) is 7.34. The van der Waals surface area contributed by atoms with Crippen molar-refractivity contribution in [1.82, 2.24) is 9.97 Å². The molecule has 0 spiro atoms. The number of carbonyl (C=O) groups excluding carboxylic acids is 2. The molecule has 1 saturated carbocycles. The molecular weight excluding hydrogens is 294 g/mol. The van der Waals surface area contributed by atoms with Crippen LogP contribution in [0.15, 0.2) is 36.7 Å². The molecule has 2 aromatic rings. The first kappa shape index (κ1) is 15.0. The number of benzene rings is 1. The van der Waals surface area contributed by atoms with E-state index in [1.54, 1.807) is 24.3 Å². The number of aromatic nitrogens is 2. The molecular formula is C16H17N5O2. The second-order valence-electron chi connectivity index (χ2n) is 5.43. The van der Waals surface area contributed by atoms with Crippen LogP contribution >= 0.6 is 0 Å². The highest BCUT2D eigenvalue weighted by molar-refractivity contribution is 6.04. The number of nitrogens with zero attached hydrogens (tertiary/aromatic N) is 2. The lowest BCUT2D eigenvalue weighted by Crippen LogP contribution is -2.14. The van der Waals surface area contributed by atoms with Crippen LogP contribution in [0.2, 0.25) is 0 Å². The number of nitrogens with one attached hydrogen (secondary N) is 3. The fraction of sp³-hybridized carbons (Fsp3) is 0.250. The standard InChI is InChI=1S/C16H17N5O2/c1-10(22)19-12-2-4-13(5-3-12)20-15(23)11-8-17-16(18-9-11)21-14-6-7-14/h2-5,8-9,14H,6-7H2,1H3,(H,19,22)(H,20,23)(H,17,18,21). The smallest absolute Gasteiger partial charge is 0.258 e. The lowest BCUT2D eigenvalue weighted by atomic mass is 10.2. The first-order chi connectivity index (χ1) is 11.1. The minimum atomic E-state index is -0.282. The third-order valence-corrected chi connectivity index (χ3v) is 3.29. The maximum atomic E-state index is 12.1. The summed E-state index contributed by atoms with van der Waals surface area (Å²) in [6.07, 6.45) is 5.28. The predicted octanol–water partition coefficient (Wildman–Crippen LogP) is 2.26. The summed E-state index contributed by atoms with van der Waals surface area (Å²) >= 11 is 0. The van der Waals surface area contributed by atoms with Gasteiger partial charge in [-0.25, -0.2) is 9.97 Å². The fourth-order valence-electron chi connectivity index (χ4n) is 1.97. The number of amides is 2. The molecule has 0 unspecified atom stereocenters. The third kappa shape index (κ3) is 4.26. The largest absolute Gasteiger partial charge is 0.351 e. The highest BCUT2D eigenvalue weighted by Crippen LogP contribution is 2.22. The Morgan fingerprint density at radius 2 is 1.57 bits per heavy atom. The van der Waals surface area contributed by atoms with Crippen molar-refractivity contribution < 1.29 is 9.59 Å². The first-order valence-electron chi connectivity index (χ1n) is 7.38. The topological polar surface area (TPSA) is 96.0 Å². The van der Waals surface area contributed by atoms with Crippen molar-refractivity contribution in [2.75, 3.05) is 16.0 Å². The van der Waals surface area contributed by atoms with Crippen molar-refractivity contribution in [2.24, 2.45) is 0 Å². The van der Waals surface area contributed by atoms with Crippen LogP contribution in [0.25, 0.3) is 0 Å². The van der Waals surface area contributed by atoms with Crippen molar-refractivity contribution in [3.05, 3.63) is 42.2 Å². The Labute approximate surface area is 133 Å². The van der Waals surface area contributed by atoms with Gasteiger partial charge in [0.2, 0.25) is 11.9 Å². The summed E-state index contributed by atoms with van der Waals surface area (Å²) in [6.45, 7) is 1.44. The van der Waals surface area contributed by atoms with E-state index in [9.17, 15) is 9.59 Å². The molecule has 23 heavy (non-hydrogen) atoms. The molecule has 1 aromatic carbocycles. The zero-order valence-corrected chi connectivity index (χ0v) is 12.7. The Balaban J connectivity index is 1.60. The van der Waals surface area contributed by atoms with Crippen LogP contribution in [0.5, 0.6) is 0 Å². The summed E-state index contributed by atoms with van der Waals surface area (Å²) in [5.41, 5.74) is 1.69. The number of hydrogen-bond donors (Lipinski definition) is 3. The summed E-state index contributed by atoms with van der Waals surface area (Å²) in [5.74, 6) is 0.123. The van der Waals surface area contributed by atoms with Crippen molar-refractivity contribution in [3.63, 3.8) is 0 Å². The Morgan fingerprint density at radius 3 is 2.09 bits per heavy atom. The van der Waals surface area contributed by atoms with E-state index in [2.05, 4.69) is 25.9 Å². The molecule has 1 fully saturated rings. The van der Waals surface area contributed by atoms with E-state index in [0.717, 1.165) is 12.8 Å². The Bertz CT molecular complexity index is 708. The number of carbonyl (C=O) groups is 2. The zero-order valence-electron chi connectivity index (χ0n) is 12.7. The highest BCUT2D eigenvalue weighted by atomic mass is 16.2. The molecule has 3 N–H and O–H groups in total. The summed E-state index contributed by atoms with van der Waals surface area (Å²) in [4.78, 5) is 31.4. The van der Waals surface area contributed by atoms with Gasteiger partial charge in [0.15, 0.2) is 0 Å². The molecule has 0 aliphatic heterocycles. The number of hydrogen-bond acceptors (Lipinski definition) is 5. The Hall–Kier alpha value is -2.96. The second-order valence-corrected chi connectivity index (χ2v) is 5.43. The van der Waals surface area contributed by atoms with Gasteiger partial charge in [0.25, 0.3) is 5.91 Å². The lowest BCUT2D eigenvalue weighted by Gasteiger charge is -2.07. The molecule has 0 radical (unpaired) electrons. The molecule has 7 nitrogen and oxygen atoms in total. The normalized spacial score (nSPS) is 13.3. The van der Waals surface area contributed by atoms with Gasteiger partial charge in [0.1, 0.15) is 0 Å². The fourth-order valence-corrected chi connectivity index (χ4v) is 1.97. The van der Waals surface area contributed by atoms with Gasteiger partial charge in [-0.05, 0) is 37.1 Å². The van der Waals surface area contributed by atoms with Crippen LogP contribution in [0, 0.1) is 0 Å². The molecule has 7 heteroatoms. The van der Waals surface area contributed by atoms with Gasteiger partial charge in [-0.2, -0.15) is 0 Å². The van der Waals surface area contributed by atoms with Crippen LogP contribution in [-0.2, 0) is 4.79 Å². The summed E-state index contributed by atoms with van der Waals surface area (Å²) < 4.78 is 0. The maximum absolute atomic E-state index is 12.1. The number of anilines is 3. The van der Waals surface area contributed by atoms with Gasteiger partial charge in [-0.3, -0.25) is 9.59 Å². The minimum absolute atomic E-state index is 0.140. The van der Waals surface area contributed by atoms with Crippen molar-refractivity contribution >= 4 is 29.1 Å². The van der Waals surface area contributed by atoms with Gasteiger partial charge in [-0.1, -0.05) is 0 Å². The Kier molecular flexibility index (Phi) is 4.18. The predicted molar refractivity (Wildman–Crippen MR) is 87.4 cm³/mol. The highest BCUT2D eigenvalue weighted by Gasteiger charge is 2.21. The van der Waals surface area contributed by atoms with Crippen molar-refractivity contribution in [2.45, 2.75) is 25.8 Å². The third-order valence-electron chi connectivity index (χ3n) is 3.29. The molecule has 0 bridgehead atoms. The van der Waals surface area contributed by atoms with Crippen molar-refractivity contribution in [1.29, 1.82) is 0 Å². The van der Waals surface area contributed by atoms with Gasteiger partial charge in [-0.15, -0.1) is 0 Å². The Morgan fingerprint density at radius 1 is 1.00 bits per heavy atom. The van der Waals surface area contributed by atoms with Crippen LogP contribution in [-0.4, -0.2) is 27.8 Å². The zero-order chi connectivity index (χ0) is 16.2. The maximum Gasteiger partial charge on any atom is 0.258 e. The summed E-state index contributed by atoms with van der Waals surface area (Å²) in [7, 11) is 0. The summed E-state index contributed by atoms with van der Waals surface area (Å²) in [5, 5.41) is 8.59. The number of rotatable bonds is 5. The minimum Gasteiger partial charge on any atom is -0.351 e. The van der Waals surface area contributed by atoms with Gasteiger partial charge < -0.3 is 16.0 Å². The lowest BCUT2D eigenvalue weighted by molar-refractivity contribution is -0.114. The van der Waals surface area contributed by atoms with Gasteiger partial charge in [0, 0.05) is 36.7 Å². The van der Waals surface area contributed by atoms with E-state index in [1.165, 1.54) is 19.3 Å². The van der Waals surface area contributed by atoms with Crippen LogP contribution in [0.1, 0.15) is 30.1 Å². The van der Waals surface area contributed by atoms with E-state index in [0.29, 0.717) is 28.9 Å². The molecule has 1 aliphatic carbocycles. The van der Waals surface area contributed by atoms with Gasteiger partial charge >= 0.3 is 0 Å². The van der Waals surface area contributed by atoms with Crippen molar-refractivity contribution in [3.8, 4) is 0 Å². The molecule has 1 aliphatic rings. The molecule has 2 amide bonds. The second kappa shape index (κ2) is 6.43. The molecule has 0 saturated heterocycles. The van der Waals surface area contributed by atoms with Crippen LogP contribution in [0.3, 0.4) is 0 Å². The van der Waals surface area contributed by atoms with Gasteiger partial charge in [0.05, 0.1) is 5.56 Å². The van der Waals surface area contributed by atoms with E-state index in [1.807, 2.05) is 0 Å². The van der Waals surface area contributed by atoms with E-state index >= 15 is 0 Å². The molecule has 118 valence electrons.